The van der Waals surface area contributed by atoms with Gasteiger partial charge in [0.15, 0.2) is 0 Å². The molecular weight excluding hydrogens is 627 g/mol. The molecule has 4 saturated carbocycles. The summed E-state index contributed by atoms with van der Waals surface area (Å²) < 4.78 is 0. The Kier molecular flexibility index (Phi) is 6.81. The molecule has 0 radical (unpaired) electrons. The topological polar surface area (TPSA) is 3.24 Å². The first-order chi connectivity index (χ1) is 25.4. The summed E-state index contributed by atoms with van der Waals surface area (Å²) >= 11 is 0. The lowest BCUT2D eigenvalue weighted by Crippen LogP contribution is -2.48. The molecule has 0 heterocycles. The smallest absolute Gasteiger partial charge is 0.0542 e. The summed E-state index contributed by atoms with van der Waals surface area (Å²) in [6.07, 6.45) is 22.8. The lowest BCUT2D eigenvalue weighted by molar-refractivity contribution is -0.00518. The monoisotopic (exact) mass is 675 g/mol. The molecule has 7 aliphatic carbocycles. The van der Waals surface area contributed by atoms with Crippen molar-refractivity contribution in [2.45, 2.75) is 88.9 Å². The SMILES string of the molecule is CC1(C)c2ccccc2-c2ccc(N(c3ccc(-c4ccc(C56CC7CC(CC(C7)C5)C6)cc4)cc3)c3cc4c(c5c3C=CCC5)CCC=C4)cc21. The molecule has 5 aromatic carbocycles. The predicted molar refractivity (Wildman–Crippen MR) is 219 cm³/mol. The number of hydrogen-bond donors (Lipinski definition) is 0. The molecule has 4 bridgehead atoms. The van der Waals surface area contributed by atoms with Crippen molar-refractivity contribution in [2.75, 3.05) is 4.90 Å². The van der Waals surface area contributed by atoms with Crippen molar-refractivity contribution in [3.05, 3.63) is 148 Å². The van der Waals surface area contributed by atoms with Crippen LogP contribution in [0.2, 0.25) is 0 Å². The maximum Gasteiger partial charge on any atom is 0.0542 e. The fourth-order valence-corrected chi connectivity index (χ4v) is 12.3. The average Bonchev–Trinajstić information content (AvgIpc) is 3.40. The first-order valence-electron chi connectivity index (χ1n) is 20.2. The lowest BCUT2D eigenvalue weighted by atomic mass is 9.48. The maximum atomic E-state index is 2.55. The molecule has 1 nitrogen and oxygen atoms in total. The zero-order chi connectivity index (χ0) is 34.6. The first-order valence-corrected chi connectivity index (χ1v) is 20.2. The van der Waals surface area contributed by atoms with Crippen molar-refractivity contribution in [1.29, 1.82) is 0 Å². The van der Waals surface area contributed by atoms with Gasteiger partial charge in [-0.3, -0.25) is 0 Å². The number of fused-ring (bicyclic) bond motifs is 6. The minimum Gasteiger partial charge on any atom is -0.310 e. The average molecular weight is 676 g/mol. The molecule has 0 spiro atoms. The third kappa shape index (κ3) is 4.67. The molecule has 7 aliphatic rings. The zero-order valence-electron chi connectivity index (χ0n) is 30.8. The van der Waals surface area contributed by atoms with Crippen molar-refractivity contribution in [1.82, 2.24) is 0 Å². The summed E-state index contributed by atoms with van der Waals surface area (Å²) in [4.78, 5) is 2.55. The van der Waals surface area contributed by atoms with E-state index in [2.05, 4.69) is 140 Å². The van der Waals surface area contributed by atoms with Gasteiger partial charge in [-0.15, -0.1) is 0 Å². The van der Waals surface area contributed by atoms with Crippen LogP contribution in [0, 0.1) is 17.8 Å². The van der Waals surface area contributed by atoms with E-state index in [1.54, 1.807) is 16.7 Å². The Labute approximate surface area is 310 Å². The quantitative estimate of drug-likeness (QED) is 0.179. The molecule has 0 N–H and O–H groups in total. The highest BCUT2D eigenvalue weighted by Gasteiger charge is 2.51. The number of nitrogens with zero attached hydrogens (tertiary/aromatic N) is 1. The van der Waals surface area contributed by atoms with Gasteiger partial charge in [0.1, 0.15) is 0 Å². The fourth-order valence-electron chi connectivity index (χ4n) is 12.3. The minimum absolute atomic E-state index is 0.0578. The Bertz CT molecular complexity index is 2260. The van der Waals surface area contributed by atoms with Crippen molar-refractivity contribution >= 4 is 29.2 Å². The molecule has 0 unspecified atom stereocenters. The Hall–Kier alpha value is -4.62. The molecule has 1 heteroatoms. The van der Waals surface area contributed by atoms with Crippen molar-refractivity contribution < 1.29 is 0 Å². The van der Waals surface area contributed by atoms with Crippen LogP contribution in [0.15, 0.2) is 109 Å². The molecule has 0 aliphatic heterocycles. The summed E-state index contributed by atoms with van der Waals surface area (Å²) in [5, 5.41) is 0. The molecule has 5 aromatic rings. The normalized spacial score (nSPS) is 25.4. The van der Waals surface area contributed by atoms with E-state index in [4.69, 9.17) is 0 Å². The predicted octanol–water partition coefficient (Wildman–Crippen LogP) is 13.5. The summed E-state index contributed by atoms with van der Waals surface area (Å²) in [5.74, 6) is 2.92. The van der Waals surface area contributed by atoms with Crippen molar-refractivity contribution in [3.63, 3.8) is 0 Å². The van der Waals surface area contributed by atoms with Crippen LogP contribution in [0.3, 0.4) is 0 Å². The van der Waals surface area contributed by atoms with Crippen LogP contribution >= 0.6 is 0 Å². The van der Waals surface area contributed by atoms with Gasteiger partial charge < -0.3 is 4.90 Å². The zero-order valence-corrected chi connectivity index (χ0v) is 30.8. The van der Waals surface area contributed by atoms with Gasteiger partial charge in [-0.05, 0) is 173 Å². The highest BCUT2D eigenvalue weighted by atomic mass is 15.1. The van der Waals surface area contributed by atoms with Gasteiger partial charge in [0.25, 0.3) is 0 Å². The van der Waals surface area contributed by atoms with Crippen LogP contribution in [0.1, 0.15) is 104 Å². The van der Waals surface area contributed by atoms with Crippen molar-refractivity contribution in [2.24, 2.45) is 17.8 Å². The Morgan fingerprint density at radius 1 is 0.577 bits per heavy atom. The number of anilines is 3. The van der Waals surface area contributed by atoms with E-state index in [0.29, 0.717) is 5.41 Å². The number of rotatable bonds is 5. The summed E-state index contributed by atoms with van der Waals surface area (Å²) in [5.41, 5.74) is 19.8. The molecule has 0 atom stereocenters. The van der Waals surface area contributed by atoms with Gasteiger partial charge in [-0.2, -0.15) is 0 Å². The standard InChI is InChI=1S/C51H49N/c1-50(2)47-14-8-7-12-44(47)45-24-23-41(29-48(45)50)52(49-28-38-9-3-4-10-42(38)43-11-5-6-13-46(43)49)40-21-17-37(18-22-40)36-15-19-39(20-16-36)51-30-33-25-34(31-51)27-35(26-33)32-51/h3,6-9,12-24,28-29,33-35H,4-5,10-11,25-27,30-32H2,1-2H3. The largest absolute Gasteiger partial charge is 0.310 e. The third-order valence-corrected chi connectivity index (χ3v) is 14.4. The van der Waals surface area contributed by atoms with Gasteiger partial charge in [0.05, 0.1) is 5.69 Å². The van der Waals surface area contributed by atoms with Crippen LogP contribution in [0.25, 0.3) is 34.4 Å². The van der Waals surface area contributed by atoms with E-state index >= 15 is 0 Å². The van der Waals surface area contributed by atoms with Gasteiger partial charge in [-0.1, -0.05) is 105 Å². The van der Waals surface area contributed by atoms with Crippen LogP contribution in [-0.2, 0) is 23.7 Å². The second kappa shape index (κ2) is 11.4. The van der Waals surface area contributed by atoms with Gasteiger partial charge in [-0.25, -0.2) is 0 Å². The van der Waals surface area contributed by atoms with Gasteiger partial charge >= 0.3 is 0 Å². The van der Waals surface area contributed by atoms with Crippen molar-refractivity contribution in [3.8, 4) is 22.3 Å². The van der Waals surface area contributed by atoms with E-state index in [0.717, 1.165) is 43.4 Å². The third-order valence-electron chi connectivity index (χ3n) is 14.4. The molecule has 52 heavy (non-hydrogen) atoms. The van der Waals surface area contributed by atoms with Gasteiger partial charge in [0, 0.05) is 22.4 Å². The maximum absolute atomic E-state index is 2.55. The number of allylic oxidation sites excluding steroid dienone is 2. The Balaban J connectivity index is 1.00. The second-order valence-electron chi connectivity index (χ2n) is 17.8. The molecular formula is C51H49N. The lowest BCUT2D eigenvalue weighted by Gasteiger charge is -2.57. The number of hydrogen-bond acceptors (Lipinski definition) is 1. The molecule has 258 valence electrons. The molecule has 4 fully saturated rings. The summed E-state index contributed by atoms with van der Waals surface area (Å²) in [6.45, 7) is 4.78. The Morgan fingerprint density at radius 2 is 1.19 bits per heavy atom. The van der Waals surface area contributed by atoms with E-state index in [1.807, 2.05) is 0 Å². The van der Waals surface area contributed by atoms with Crippen LogP contribution in [0.5, 0.6) is 0 Å². The molecule has 12 rings (SSSR count). The summed E-state index contributed by atoms with van der Waals surface area (Å²) in [7, 11) is 0. The number of benzene rings is 5. The summed E-state index contributed by atoms with van der Waals surface area (Å²) in [6, 6.07) is 38.0. The fraction of sp³-hybridized carbons (Fsp3) is 0.333. The Morgan fingerprint density at radius 3 is 1.92 bits per heavy atom. The van der Waals surface area contributed by atoms with Crippen LogP contribution in [0.4, 0.5) is 17.1 Å². The van der Waals surface area contributed by atoms with E-state index in [1.165, 1.54) is 100 Å². The van der Waals surface area contributed by atoms with Crippen LogP contribution in [-0.4, -0.2) is 0 Å². The van der Waals surface area contributed by atoms with E-state index in [-0.39, 0.29) is 5.41 Å². The molecule has 0 saturated heterocycles. The highest BCUT2D eigenvalue weighted by Crippen LogP contribution is 2.61. The molecule has 0 amide bonds. The van der Waals surface area contributed by atoms with Crippen LogP contribution < -0.4 is 4.90 Å². The van der Waals surface area contributed by atoms with E-state index in [9.17, 15) is 0 Å². The second-order valence-corrected chi connectivity index (χ2v) is 17.8. The first kappa shape index (κ1) is 31.0. The highest BCUT2D eigenvalue weighted by molar-refractivity contribution is 5.90. The van der Waals surface area contributed by atoms with E-state index < -0.39 is 0 Å². The minimum atomic E-state index is -0.0578. The van der Waals surface area contributed by atoms with Gasteiger partial charge in [0.2, 0.25) is 0 Å². The molecule has 0 aromatic heterocycles.